The Morgan fingerprint density at radius 2 is 1.82 bits per heavy atom. The fraction of sp³-hybridized carbons (Fsp3) is 0.263. The van der Waals surface area contributed by atoms with E-state index in [1.807, 2.05) is 0 Å². The van der Waals surface area contributed by atoms with E-state index in [-0.39, 0.29) is 12.1 Å². The minimum absolute atomic E-state index is 0.0485. The molecular formula is C19H18F3N3O3. The molecule has 0 saturated carbocycles. The highest BCUT2D eigenvalue weighted by Gasteiger charge is 2.42. The zero-order valence-corrected chi connectivity index (χ0v) is 14.8. The molecule has 1 heterocycles. The Kier molecular flexibility index (Phi) is 5.03. The Hall–Kier alpha value is -3.07. The van der Waals surface area contributed by atoms with Crippen LogP contribution in [0, 0.1) is 0 Å². The molecule has 0 radical (unpaired) electrons. The largest absolute Gasteiger partial charge is 0.416 e. The molecule has 1 fully saturated rings. The van der Waals surface area contributed by atoms with Crippen LogP contribution in [0.1, 0.15) is 22.8 Å². The quantitative estimate of drug-likeness (QED) is 0.643. The van der Waals surface area contributed by atoms with Crippen LogP contribution in [0.3, 0.4) is 0 Å². The summed E-state index contributed by atoms with van der Waals surface area (Å²) in [6, 6.07) is 10.5. The van der Waals surface area contributed by atoms with Gasteiger partial charge in [-0.3, -0.25) is 4.79 Å². The molecule has 1 aliphatic rings. The van der Waals surface area contributed by atoms with E-state index in [1.165, 1.54) is 12.1 Å². The summed E-state index contributed by atoms with van der Waals surface area (Å²) in [6.45, 7) is 1.52. The number of hydrogen-bond acceptors (Lipinski definition) is 3. The van der Waals surface area contributed by atoms with Gasteiger partial charge in [0.15, 0.2) is 6.23 Å². The number of carbonyl (C=O) groups excluding carboxylic acids is 2. The second-order valence-electron chi connectivity index (χ2n) is 6.72. The molecule has 1 saturated heterocycles. The Labute approximate surface area is 158 Å². The van der Waals surface area contributed by atoms with Crippen molar-refractivity contribution in [2.45, 2.75) is 24.9 Å². The second-order valence-corrected chi connectivity index (χ2v) is 6.72. The molecule has 2 unspecified atom stereocenters. The van der Waals surface area contributed by atoms with Gasteiger partial charge in [0.25, 0.3) is 5.91 Å². The zero-order chi connectivity index (χ0) is 20.5. The fourth-order valence-electron chi connectivity index (χ4n) is 2.92. The predicted molar refractivity (Wildman–Crippen MR) is 95.3 cm³/mol. The number of amides is 3. The summed E-state index contributed by atoms with van der Waals surface area (Å²) in [5.41, 5.74) is -0.674. The minimum atomic E-state index is -4.44. The van der Waals surface area contributed by atoms with Crippen molar-refractivity contribution in [2.24, 2.45) is 0 Å². The third-order valence-corrected chi connectivity index (χ3v) is 4.58. The number of urea groups is 1. The molecule has 4 N–H and O–H groups in total. The van der Waals surface area contributed by atoms with Gasteiger partial charge in [0.1, 0.15) is 5.54 Å². The smallest absolute Gasteiger partial charge is 0.371 e. The van der Waals surface area contributed by atoms with Crippen LogP contribution < -0.4 is 16.0 Å². The Bertz CT molecular complexity index is 899. The average molecular weight is 393 g/mol. The van der Waals surface area contributed by atoms with Crippen LogP contribution in [0.4, 0.5) is 18.0 Å². The first kappa shape index (κ1) is 19.7. The van der Waals surface area contributed by atoms with Gasteiger partial charge >= 0.3 is 12.2 Å². The summed E-state index contributed by atoms with van der Waals surface area (Å²) in [6.07, 6.45) is -5.61. The SMILES string of the molecule is CC1(CNC(=O)c2ccccc2-c2ccc(C(F)(F)F)cc2)NC(=O)NC1O. The molecule has 0 spiro atoms. The normalized spacial score (nSPS) is 21.8. The highest BCUT2D eigenvalue weighted by molar-refractivity contribution is 6.01. The average Bonchev–Trinajstić information content (AvgIpc) is 2.91. The Balaban J connectivity index is 1.80. The molecule has 0 bridgehead atoms. The molecule has 3 amide bonds. The molecule has 148 valence electrons. The van der Waals surface area contributed by atoms with Crippen LogP contribution >= 0.6 is 0 Å². The summed E-state index contributed by atoms with van der Waals surface area (Å²) < 4.78 is 38.3. The number of halogens is 3. The number of hydrogen-bond donors (Lipinski definition) is 4. The number of aliphatic hydroxyl groups excluding tert-OH is 1. The highest BCUT2D eigenvalue weighted by Crippen LogP contribution is 2.31. The van der Waals surface area contributed by atoms with Gasteiger partial charge in [0, 0.05) is 12.1 Å². The van der Waals surface area contributed by atoms with Gasteiger partial charge < -0.3 is 21.1 Å². The summed E-state index contributed by atoms with van der Waals surface area (Å²) in [5, 5.41) is 17.4. The van der Waals surface area contributed by atoms with Crippen LogP contribution in [0.15, 0.2) is 48.5 Å². The summed E-state index contributed by atoms with van der Waals surface area (Å²) in [7, 11) is 0. The van der Waals surface area contributed by atoms with Crippen LogP contribution in [0.5, 0.6) is 0 Å². The molecule has 2 aromatic carbocycles. The lowest BCUT2D eigenvalue weighted by molar-refractivity contribution is -0.137. The van der Waals surface area contributed by atoms with E-state index in [4.69, 9.17) is 0 Å². The first-order valence-electron chi connectivity index (χ1n) is 8.42. The first-order chi connectivity index (χ1) is 13.1. The van der Waals surface area contributed by atoms with Crippen molar-refractivity contribution in [1.82, 2.24) is 16.0 Å². The van der Waals surface area contributed by atoms with Crippen molar-refractivity contribution in [3.63, 3.8) is 0 Å². The lowest BCUT2D eigenvalue weighted by Crippen LogP contribution is -2.54. The number of alkyl halides is 3. The van der Waals surface area contributed by atoms with E-state index in [1.54, 1.807) is 31.2 Å². The molecule has 2 atom stereocenters. The maximum Gasteiger partial charge on any atom is 0.416 e. The van der Waals surface area contributed by atoms with E-state index < -0.39 is 35.4 Å². The number of benzene rings is 2. The molecule has 28 heavy (non-hydrogen) atoms. The van der Waals surface area contributed by atoms with Gasteiger partial charge in [0.2, 0.25) is 0 Å². The van der Waals surface area contributed by atoms with Crippen LogP contribution in [0.2, 0.25) is 0 Å². The van der Waals surface area contributed by atoms with Crippen molar-refractivity contribution in [2.75, 3.05) is 6.54 Å². The van der Waals surface area contributed by atoms with Gasteiger partial charge in [-0.1, -0.05) is 30.3 Å². The summed E-state index contributed by atoms with van der Waals surface area (Å²) in [5.74, 6) is -0.481. The van der Waals surface area contributed by atoms with Crippen molar-refractivity contribution >= 4 is 11.9 Å². The Morgan fingerprint density at radius 3 is 2.39 bits per heavy atom. The number of nitrogens with one attached hydrogen (secondary N) is 3. The first-order valence-corrected chi connectivity index (χ1v) is 8.42. The van der Waals surface area contributed by atoms with Crippen molar-refractivity contribution in [1.29, 1.82) is 0 Å². The van der Waals surface area contributed by atoms with E-state index in [9.17, 15) is 27.9 Å². The molecule has 2 aromatic rings. The van der Waals surface area contributed by atoms with Crippen LogP contribution in [-0.2, 0) is 6.18 Å². The zero-order valence-electron chi connectivity index (χ0n) is 14.8. The van der Waals surface area contributed by atoms with E-state index in [2.05, 4.69) is 16.0 Å². The molecule has 9 heteroatoms. The monoisotopic (exact) mass is 393 g/mol. The molecule has 1 aliphatic heterocycles. The van der Waals surface area contributed by atoms with Crippen molar-refractivity contribution in [3.05, 3.63) is 59.7 Å². The lowest BCUT2D eigenvalue weighted by atomic mass is 9.97. The maximum atomic E-state index is 12.8. The molecule has 0 aromatic heterocycles. The van der Waals surface area contributed by atoms with E-state index in [0.29, 0.717) is 11.1 Å². The molecule has 6 nitrogen and oxygen atoms in total. The molecular weight excluding hydrogens is 375 g/mol. The summed E-state index contributed by atoms with van der Waals surface area (Å²) in [4.78, 5) is 24.0. The highest BCUT2D eigenvalue weighted by atomic mass is 19.4. The standard InChI is InChI=1S/C19H18F3N3O3/c1-18(16(27)24-17(28)25-18)10-23-15(26)14-5-3-2-4-13(14)11-6-8-12(9-7-11)19(20,21)22/h2-9,16,27H,10H2,1H3,(H,23,26)(H2,24,25,28). The van der Waals surface area contributed by atoms with Gasteiger partial charge in [-0.2, -0.15) is 13.2 Å². The van der Waals surface area contributed by atoms with Gasteiger partial charge in [-0.15, -0.1) is 0 Å². The predicted octanol–water partition coefficient (Wildman–Crippen LogP) is 2.49. The van der Waals surface area contributed by atoms with Gasteiger partial charge in [-0.25, -0.2) is 4.79 Å². The van der Waals surface area contributed by atoms with Crippen molar-refractivity contribution in [3.8, 4) is 11.1 Å². The topological polar surface area (TPSA) is 90.5 Å². The number of rotatable bonds is 4. The van der Waals surface area contributed by atoms with E-state index >= 15 is 0 Å². The number of aliphatic hydroxyl groups is 1. The number of carbonyl (C=O) groups is 2. The fourth-order valence-corrected chi connectivity index (χ4v) is 2.92. The second kappa shape index (κ2) is 7.16. The van der Waals surface area contributed by atoms with Crippen LogP contribution in [-0.4, -0.2) is 35.4 Å². The lowest BCUT2D eigenvalue weighted by Gasteiger charge is -2.26. The van der Waals surface area contributed by atoms with E-state index in [0.717, 1.165) is 12.1 Å². The molecule has 0 aliphatic carbocycles. The van der Waals surface area contributed by atoms with Gasteiger partial charge in [-0.05, 0) is 36.2 Å². The van der Waals surface area contributed by atoms with Gasteiger partial charge in [0.05, 0.1) is 5.56 Å². The molecule has 3 rings (SSSR count). The summed E-state index contributed by atoms with van der Waals surface area (Å²) >= 11 is 0. The van der Waals surface area contributed by atoms with Crippen molar-refractivity contribution < 1.29 is 27.9 Å². The minimum Gasteiger partial charge on any atom is -0.371 e. The maximum absolute atomic E-state index is 12.8. The third kappa shape index (κ3) is 3.94. The Morgan fingerprint density at radius 1 is 1.18 bits per heavy atom. The third-order valence-electron chi connectivity index (χ3n) is 4.58. The van der Waals surface area contributed by atoms with Crippen LogP contribution in [0.25, 0.3) is 11.1 Å².